The summed E-state index contributed by atoms with van der Waals surface area (Å²) in [6.45, 7) is 10.0. The van der Waals surface area contributed by atoms with Crippen LogP contribution in [0, 0.1) is 5.92 Å². The van der Waals surface area contributed by atoms with Gasteiger partial charge in [-0.25, -0.2) is 0 Å². The molecular formula is C18H30N2O. The van der Waals surface area contributed by atoms with E-state index in [1.807, 2.05) is 0 Å². The molecule has 3 heteroatoms. The predicted molar refractivity (Wildman–Crippen MR) is 89.7 cm³/mol. The molecule has 21 heavy (non-hydrogen) atoms. The van der Waals surface area contributed by atoms with Crippen LogP contribution in [0.1, 0.15) is 45.6 Å². The highest BCUT2D eigenvalue weighted by Crippen LogP contribution is 2.27. The normalized spacial score (nSPS) is 19.8. The van der Waals surface area contributed by atoms with E-state index >= 15 is 0 Å². The molecule has 0 aliphatic carbocycles. The number of nitrogens with zero attached hydrogens (tertiary/aromatic N) is 1. The molecule has 0 saturated carbocycles. The first kappa shape index (κ1) is 16.3. The van der Waals surface area contributed by atoms with Crippen LogP contribution in [0.4, 0.5) is 5.69 Å². The molecule has 0 aromatic heterocycles. The van der Waals surface area contributed by atoms with Gasteiger partial charge in [-0.1, -0.05) is 18.2 Å². The number of piperidine rings is 1. The number of anilines is 1. The Hall–Kier alpha value is -1.06. The summed E-state index contributed by atoms with van der Waals surface area (Å²) in [5.41, 5.74) is 2.86. The molecule has 1 atom stereocenters. The third-order valence-electron chi connectivity index (χ3n) is 4.20. The van der Waals surface area contributed by atoms with Crippen LogP contribution in [-0.4, -0.2) is 30.3 Å². The van der Waals surface area contributed by atoms with Gasteiger partial charge in [-0.3, -0.25) is 0 Å². The monoisotopic (exact) mass is 290 g/mol. The molecular weight excluding hydrogens is 260 g/mol. The van der Waals surface area contributed by atoms with Gasteiger partial charge in [0.05, 0.1) is 0 Å². The molecule has 1 aromatic rings. The summed E-state index contributed by atoms with van der Waals surface area (Å²) < 4.78 is 0. The minimum Gasteiger partial charge on any atom is -0.396 e. The Balaban J connectivity index is 2.08. The van der Waals surface area contributed by atoms with Crippen molar-refractivity contribution in [1.82, 2.24) is 5.32 Å². The molecule has 1 aliphatic heterocycles. The van der Waals surface area contributed by atoms with Gasteiger partial charge in [0.1, 0.15) is 0 Å². The molecule has 1 heterocycles. The Morgan fingerprint density at radius 1 is 1.29 bits per heavy atom. The Morgan fingerprint density at radius 2 is 2.05 bits per heavy atom. The molecule has 1 unspecified atom stereocenters. The third-order valence-corrected chi connectivity index (χ3v) is 4.20. The fourth-order valence-electron chi connectivity index (χ4n) is 3.03. The SMILES string of the molecule is CC(C)(C)NCc1ccccc1N1CCCC(CCO)C1. The van der Waals surface area contributed by atoms with Crippen LogP contribution >= 0.6 is 0 Å². The number of benzene rings is 1. The highest BCUT2D eigenvalue weighted by molar-refractivity contribution is 5.54. The average Bonchev–Trinajstić information content (AvgIpc) is 2.45. The number of aliphatic hydroxyl groups is 1. The molecule has 118 valence electrons. The van der Waals surface area contributed by atoms with Gasteiger partial charge in [0, 0.05) is 37.5 Å². The quantitative estimate of drug-likeness (QED) is 0.874. The van der Waals surface area contributed by atoms with Gasteiger partial charge in [-0.2, -0.15) is 0 Å². The van der Waals surface area contributed by atoms with E-state index in [-0.39, 0.29) is 5.54 Å². The topological polar surface area (TPSA) is 35.5 Å². The van der Waals surface area contributed by atoms with E-state index in [4.69, 9.17) is 0 Å². The Morgan fingerprint density at radius 3 is 2.76 bits per heavy atom. The van der Waals surface area contributed by atoms with Gasteiger partial charge in [-0.15, -0.1) is 0 Å². The minimum absolute atomic E-state index is 0.133. The lowest BCUT2D eigenvalue weighted by Crippen LogP contribution is -2.38. The zero-order valence-corrected chi connectivity index (χ0v) is 13.7. The van der Waals surface area contributed by atoms with Crippen LogP contribution in [0.25, 0.3) is 0 Å². The number of hydrogen-bond acceptors (Lipinski definition) is 3. The lowest BCUT2D eigenvalue weighted by molar-refractivity contribution is 0.244. The molecule has 0 spiro atoms. The van der Waals surface area contributed by atoms with Gasteiger partial charge in [0.2, 0.25) is 0 Å². The molecule has 1 aliphatic rings. The summed E-state index contributed by atoms with van der Waals surface area (Å²) in [6, 6.07) is 8.72. The van der Waals surface area contributed by atoms with Crippen molar-refractivity contribution in [2.24, 2.45) is 5.92 Å². The van der Waals surface area contributed by atoms with E-state index in [1.165, 1.54) is 24.1 Å². The van der Waals surface area contributed by atoms with Crippen LogP contribution < -0.4 is 10.2 Å². The lowest BCUT2D eigenvalue weighted by atomic mass is 9.94. The van der Waals surface area contributed by atoms with Crippen LogP contribution in [0.5, 0.6) is 0 Å². The van der Waals surface area contributed by atoms with Gasteiger partial charge >= 0.3 is 0 Å². The second-order valence-corrected chi connectivity index (χ2v) is 7.20. The molecule has 2 N–H and O–H groups in total. The zero-order valence-electron chi connectivity index (χ0n) is 13.7. The second-order valence-electron chi connectivity index (χ2n) is 7.20. The van der Waals surface area contributed by atoms with E-state index in [0.29, 0.717) is 12.5 Å². The van der Waals surface area contributed by atoms with Crippen molar-refractivity contribution in [3.05, 3.63) is 29.8 Å². The molecule has 0 radical (unpaired) electrons. The van der Waals surface area contributed by atoms with Crippen LogP contribution in [0.2, 0.25) is 0 Å². The summed E-state index contributed by atoms with van der Waals surface area (Å²) in [4.78, 5) is 2.50. The largest absolute Gasteiger partial charge is 0.396 e. The van der Waals surface area contributed by atoms with Gasteiger partial charge in [0.15, 0.2) is 0 Å². The number of para-hydroxylation sites is 1. The highest BCUT2D eigenvalue weighted by atomic mass is 16.3. The lowest BCUT2D eigenvalue weighted by Gasteiger charge is -2.36. The smallest absolute Gasteiger partial charge is 0.0434 e. The number of aliphatic hydroxyl groups excluding tert-OH is 1. The molecule has 0 amide bonds. The molecule has 1 fully saturated rings. The standard InChI is InChI=1S/C18H30N2O/c1-18(2,3)19-13-16-8-4-5-9-17(16)20-11-6-7-15(14-20)10-12-21/h4-5,8-9,15,19,21H,6-7,10-14H2,1-3H3. The van der Waals surface area contributed by atoms with Crippen molar-refractivity contribution in [2.45, 2.75) is 52.1 Å². The minimum atomic E-state index is 0.133. The first-order chi connectivity index (χ1) is 9.99. The molecule has 2 rings (SSSR count). The maximum atomic E-state index is 9.18. The van der Waals surface area contributed by atoms with Crippen LogP contribution in [0.15, 0.2) is 24.3 Å². The van der Waals surface area contributed by atoms with E-state index in [2.05, 4.69) is 55.3 Å². The van der Waals surface area contributed by atoms with Gasteiger partial charge in [0.25, 0.3) is 0 Å². The third kappa shape index (κ3) is 5.01. The maximum absolute atomic E-state index is 9.18. The van der Waals surface area contributed by atoms with Crippen molar-refractivity contribution in [1.29, 1.82) is 0 Å². The molecule has 1 saturated heterocycles. The van der Waals surface area contributed by atoms with Gasteiger partial charge < -0.3 is 15.3 Å². The predicted octanol–water partition coefficient (Wildman–Crippen LogP) is 3.17. The zero-order chi connectivity index (χ0) is 15.3. The Bertz CT molecular complexity index is 437. The number of hydrogen-bond donors (Lipinski definition) is 2. The molecule has 0 bridgehead atoms. The van der Waals surface area contributed by atoms with E-state index < -0.39 is 0 Å². The average molecular weight is 290 g/mol. The summed E-state index contributed by atoms with van der Waals surface area (Å²) in [6.07, 6.45) is 3.41. The van der Waals surface area contributed by atoms with Crippen molar-refractivity contribution in [3.8, 4) is 0 Å². The van der Waals surface area contributed by atoms with Crippen molar-refractivity contribution >= 4 is 5.69 Å². The molecule has 3 nitrogen and oxygen atoms in total. The van der Waals surface area contributed by atoms with Crippen LogP contribution in [0.3, 0.4) is 0 Å². The van der Waals surface area contributed by atoms with E-state index in [1.54, 1.807) is 0 Å². The maximum Gasteiger partial charge on any atom is 0.0434 e. The summed E-state index contributed by atoms with van der Waals surface area (Å²) >= 11 is 0. The fraction of sp³-hybridized carbons (Fsp3) is 0.667. The molecule has 1 aromatic carbocycles. The highest BCUT2D eigenvalue weighted by Gasteiger charge is 2.21. The van der Waals surface area contributed by atoms with E-state index in [0.717, 1.165) is 26.1 Å². The van der Waals surface area contributed by atoms with Gasteiger partial charge in [-0.05, 0) is 57.6 Å². The van der Waals surface area contributed by atoms with Crippen molar-refractivity contribution < 1.29 is 5.11 Å². The first-order valence-electron chi connectivity index (χ1n) is 8.18. The number of rotatable bonds is 5. The first-order valence-corrected chi connectivity index (χ1v) is 8.18. The summed E-state index contributed by atoms with van der Waals surface area (Å²) in [5, 5.41) is 12.8. The van der Waals surface area contributed by atoms with E-state index in [9.17, 15) is 5.11 Å². The summed E-state index contributed by atoms with van der Waals surface area (Å²) in [7, 11) is 0. The number of nitrogens with one attached hydrogen (secondary N) is 1. The Labute approximate surface area is 129 Å². The van der Waals surface area contributed by atoms with Crippen LogP contribution in [-0.2, 0) is 6.54 Å². The Kier molecular flexibility index (Phi) is 5.65. The van der Waals surface area contributed by atoms with Crippen molar-refractivity contribution in [3.63, 3.8) is 0 Å². The van der Waals surface area contributed by atoms with Crippen molar-refractivity contribution in [2.75, 3.05) is 24.6 Å². The second kappa shape index (κ2) is 7.28. The summed E-state index contributed by atoms with van der Waals surface area (Å²) in [5.74, 6) is 0.632. The fourth-order valence-corrected chi connectivity index (χ4v) is 3.03.